The number of tetrazole rings is 1. The molecular weight excluding hydrogens is 276 g/mol. The fourth-order valence-corrected chi connectivity index (χ4v) is 2.36. The molecule has 0 spiro atoms. The molecule has 0 atom stereocenters. The SMILES string of the molecule is Cn1nnnc1SCc1cccc(Br)c1. The van der Waals surface area contributed by atoms with Crippen LogP contribution < -0.4 is 0 Å². The second-order valence-corrected chi connectivity index (χ2v) is 4.86. The molecule has 0 N–H and O–H groups in total. The number of aromatic nitrogens is 4. The molecule has 0 saturated carbocycles. The fourth-order valence-electron chi connectivity index (χ4n) is 1.12. The van der Waals surface area contributed by atoms with Crippen LogP contribution >= 0.6 is 27.7 Å². The molecule has 0 aliphatic rings. The number of hydrogen-bond acceptors (Lipinski definition) is 4. The van der Waals surface area contributed by atoms with Crippen molar-refractivity contribution in [3.8, 4) is 0 Å². The third-order valence-electron chi connectivity index (χ3n) is 1.84. The monoisotopic (exact) mass is 284 g/mol. The quantitative estimate of drug-likeness (QED) is 0.811. The first-order valence-corrected chi connectivity index (χ1v) is 6.13. The van der Waals surface area contributed by atoms with Crippen molar-refractivity contribution in [2.24, 2.45) is 7.05 Å². The predicted octanol–water partition coefficient (Wildman–Crippen LogP) is 2.26. The number of nitrogens with zero attached hydrogens (tertiary/aromatic N) is 4. The van der Waals surface area contributed by atoms with Crippen LogP contribution in [0.4, 0.5) is 0 Å². The van der Waals surface area contributed by atoms with E-state index in [1.807, 2.05) is 19.2 Å². The van der Waals surface area contributed by atoms with E-state index in [0.717, 1.165) is 15.4 Å². The van der Waals surface area contributed by atoms with E-state index in [0.29, 0.717) is 0 Å². The van der Waals surface area contributed by atoms with Gasteiger partial charge in [0.05, 0.1) is 0 Å². The van der Waals surface area contributed by atoms with Gasteiger partial charge in [-0.2, -0.15) is 0 Å². The lowest BCUT2D eigenvalue weighted by molar-refractivity contribution is 0.664. The summed E-state index contributed by atoms with van der Waals surface area (Å²) in [6.45, 7) is 0. The summed E-state index contributed by atoms with van der Waals surface area (Å²) in [5.74, 6) is 0.869. The van der Waals surface area contributed by atoms with Gasteiger partial charge in [-0.3, -0.25) is 0 Å². The Bertz CT molecular complexity index is 457. The second kappa shape index (κ2) is 4.76. The van der Waals surface area contributed by atoms with E-state index in [1.165, 1.54) is 5.56 Å². The van der Waals surface area contributed by atoms with Crippen molar-refractivity contribution < 1.29 is 0 Å². The van der Waals surface area contributed by atoms with E-state index >= 15 is 0 Å². The summed E-state index contributed by atoms with van der Waals surface area (Å²) in [4.78, 5) is 0. The number of thioether (sulfide) groups is 1. The average molecular weight is 285 g/mol. The van der Waals surface area contributed by atoms with Crippen molar-refractivity contribution in [2.45, 2.75) is 10.9 Å². The lowest BCUT2D eigenvalue weighted by Gasteiger charge is -2.00. The van der Waals surface area contributed by atoms with E-state index < -0.39 is 0 Å². The number of aryl methyl sites for hydroxylation is 1. The van der Waals surface area contributed by atoms with Crippen molar-refractivity contribution in [2.75, 3.05) is 0 Å². The van der Waals surface area contributed by atoms with Gasteiger partial charge in [-0.25, -0.2) is 4.68 Å². The van der Waals surface area contributed by atoms with Crippen LogP contribution in [-0.4, -0.2) is 20.2 Å². The van der Waals surface area contributed by atoms with Gasteiger partial charge in [-0.05, 0) is 28.1 Å². The predicted molar refractivity (Wildman–Crippen MR) is 62.5 cm³/mol. The highest BCUT2D eigenvalue weighted by Gasteiger charge is 2.03. The van der Waals surface area contributed by atoms with Gasteiger partial charge < -0.3 is 0 Å². The zero-order valence-electron chi connectivity index (χ0n) is 8.09. The molecule has 0 amide bonds. The third kappa shape index (κ3) is 2.79. The van der Waals surface area contributed by atoms with E-state index in [9.17, 15) is 0 Å². The smallest absolute Gasteiger partial charge is 0.209 e. The van der Waals surface area contributed by atoms with Gasteiger partial charge in [0.25, 0.3) is 0 Å². The van der Waals surface area contributed by atoms with Gasteiger partial charge in [0, 0.05) is 17.3 Å². The van der Waals surface area contributed by atoms with Gasteiger partial charge in [-0.1, -0.05) is 39.8 Å². The summed E-state index contributed by atoms with van der Waals surface area (Å²) in [6.07, 6.45) is 0. The highest BCUT2D eigenvalue weighted by molar-refractivity contribution is 9.10. The van der Waals surface area contributed by atoms with Crippen LogP contribution in [0.25, 0.3) is 0 Å². The second-order valence-electron chi connectivity index (χ2n) is 3.00. The number of benzene rings is 1. The van der Waals surface area contributed by atoms with Crippen molar-refractivity contribution in [3.63, 3.8) is 0 Å². The molecular formula is C9H9BrN4S. The number of rotatable bonds is 3. The summed E-state index contributed by atoms with van der Waals surface area (Å²) in [7, 11) is 1.84. The lowest BCUT2D eigenvalue weighted by Crippen LogP contribution is -1.93. The Morgan fingerprint density at radius 2 is 2.33 bits per heavy atom. The van der Waals surface area contributed by atoms with Crippen molar-refractivity contribution in [1.82, 2.24) is 20.2 Å². The molecule has 6 heteroatoms. The van der Waals surface area contributed by atoms with Gasteiger partial charge >= 0.3 is 0 Å². The van der Waals surface area contributed by atoms with Gasteiger partial charge in [0.15, 0.2) is 0 Å². The van der Waals surface area contributed by atoms with Crippen LogP contribution in [0, 0.1) is 0 Å². The van der Waals surface area contributed by atoms with Gasteiger partial charge in [0.2, 0.25) is 5.16 Å². The van der Waals surface area contributed by atoms with Crippen molar-refractivity contribution in [1.29, 1.82) is 0 Å². The Hall–Kier alpha value is -0.880. The molecule has 0 aliphatic carbocycles. The van der Waals surface area contributed by atoms with Crippen molar-refractivity contribution in [3.05, 3.63) is 34.3 Å². The largest absolute Gasteiger partial charge is 0.224 e. The zero-order valence-corrected chi connectivity index (χ0v) is 10.5. The Labute approximate surface area is 100 Å². The van der Waals surface area contributed by atoms with Crippen LogP contribution in [0.15, 0.2) is 33.9 Å². The number of hydrogen-bond donors (Lipinski definition) is 0. The van der Waals surface area contributed by atoms with Crippen LogP contribution in [0.2, 0.25) is 0 Å². The maximum atomic E-state index is 3.91. The molecule has 4 nitrogen and oxygen atoms in total. The molecule has 2 aromatic rings. The Kier molecular flexibility index (Phi) is 3.37. The van der Waals surface area contributed by atoms with E-state index in [-0.39, 0.29) is 0 Å². The zero-order chi connectivity index (χ0) is 10.7. The maximum absolute atomic E-state index is 3.91. The van der Waals surface area contributed by atoms with E-state index in [4.69, 9.17) is 0 Å². The molecule has 0 bridgehead atoms. The molecule has 1 aromatic carbocycles. The van der Waals surface area contributed by atoms with Gasteiger partial charge in [0.1, 0.15) is 0 Å². The van der Waals surface area contributed by atoms with Gasteiger partial charge in [-0.15, -0.1) is 5.10 Å². The first kappa shape index (κ1) is 10.6. The van der Waals surface area contributed by atoms with Crippen molar-refractivity contribution >= 4 is 27.7 Å². The first-order valence-electron chi connectivity index (χ1n) is 4.35. The van der Waals surface area contributed by atoms with Crippen LogP contribution in [0.3, 0.4) is 0 Å². The summed E-state index contributed by atoms with van der Waals surface area (Å²) in [5.41, 5.74) is 1.25. The molecule has 78 valence electrons. The number of halogens is 1. The van der Waals surface area contributed by atoms with E-state index in [2.05, 4.69) is 43.6 Å². The molecule has 1 heterocycles. The van der Waals surface area contributed by atoms with E-state index in [1.54, 1.807) is 16.4 Å². The molecule has 2 rings (SSSR count). The summed E-state index contributed by atoms with van der Waals surface area (Å²) >= 11 is 5.06. The van der Waals surface area contributed by atoms with Crippen LogP contribution in [-0.2, 0) is 12.8 Å². The standard InChI is InChI=1S/C9H9BrN4S/c1-14-9(11-12-13-14)15-6-7-3-2-4-8(10)5-7/h2-5H,6H2,1H3. The lowest BCUT2D eigenvalue weighted by atomic mass is 10.2. The van der Waals surface area contributed by atoms with Crippen LogP contribution in [0.5, 0.6) is 0 Å². The molecule has 0 radical (unpaired) electrons. The first-order chi connectivity index (χ1) is 7.25. The molecule has 0 unspecified atom stereocenters. The normalized spacial score (nSPS) is 10.5. The maximum Gasteiger partial charge on any atom is 0.209 e. The summed E-state index contributed by atoms with van der Waals surface area (Å²) < 4.78 is 2.76. The average Bonchev–Trinajstić information content (AvgIpc) is 2.61. The molecule has 15 heavy (non-hydrogen) atoms. The Morgan fingerprint density at radius 3 is 3.00 bits per heavy atom. The molecule has 1 aromatic heterocycles. The topological polar surface area (TPSA) is 43.6 Å². The molecule has 0 saturated heterocycles. The Morgan fingerprint density at radius 1 is 1.47 bits per heavy atom. The highest BCUT2D eigenvalue weighted by Crippen LogP contribution is 2.21. The molecule has 0 aliphatic heterocycles. The fraction of sp³-hybridized carbons (Fsp3) is 0.222. The summed E-state index contributed by atoms with van der Waals surface area (Å²) in [6, 6.07) is 8.21. The minimum Gasteiger partial charge on any atom is -0.224 e. The summed E-state index contributed by atoms with van der Waals surface area (Å²) in [5, 5.41) is 12.1. The third-order valence-corrected chi connectivity index (χ3v) is 3.41. The minimum atomic E-state index is 0.829. The van der Waals surface area contributed by atoms with Crippen LogP contribution in [0.1, 0.15) is 5.56 Å². The minimum absolute atomic E-state index is 0.829. The Balaban J connectivity index is 2.02. The highest BCUT2D eigenvalue weighted by atomic mass is 79.9. The molecule has 0 fully saturated rings.